The van der Waals surface area contributed by atoms with Gasteiger partial charge in [-0.25, -0.2) is 0 Å². The van der Waals surface area contributed by atoms with Crippen molar-refractivity contribution in [1.82, 2.24) is 0 Å². The third-order valence-corrected chi connectivity index (χ3v) is 3.91. The summed E-state index contributed by atoms with van der Waals surface area (Å²) < 4.78 is 0. The monoisotopic (exact) mass is 269 g/mol. The molecule has 0 unspecified atom stereocenters. The standard InChI is InChI=1S/C14H31N5/c1-4-14(3,5-2)10-8-6-7-9-11-18-13(17)19-12(15)16/h4-11H2,1-3H3,(H6,15,16,17,18,19). The minimum Gasteiger partial charge on any atom is -0.370 e. The SMILES string of the molecule is CCC(C)(CC)CCCCCCN=C(N)N=C(N)N. The Morgan fingerprint density at radius 3 is 2.05 bits per heavy atom. The lowest BCUT2D eigenvalue weighted by Crippen LogP contribution is -2.26. The lowest BCUT2D eigenvalue weighted by Gasteiger charge is -2.26. The Balaban J connectivity index is 3.64. The highest BCUT2D eigenvalue weighted by Gasteiger charge is 2.18. The fourth-order valence-electron chi connectivity index (χ4n) is 1.98. The molecule has 112 valence electrons. The van der Waals surface area contributed by atoms with Crippen molar-refractivity contribution in [2.75, 3.05) is 6.54 Å². The van der Waals surface area contributed by atoms with E-state index in [4.69, 9.17) is 17.2 Å². The second-order valence-electron chi connectivity index (χ2n) is 5.46. The third kappa shape index (κ3) is 9.33. The van der Waals surface area contributed by atoms with E-state index in [9.17, 15) is 0 Å². The average Bonchev–Trinajstić information content (AvgIpc) is 2.36. The summed E-state index contributed by atoms with van der Waals surface area (Å²) >= 11 is 0. The third-order valence-electron chi connectivity index (χ3n) is 3.91. The van der Waals surface area contributed by atoms with E-state index < -0.39 is 0 Å². The van der Waals surface area contributed by atoms with Gasteiger partial charge in [0.25, 0.3) is 0 Å². The largest absolute Gasteiger partial charge is 0.370 e. The van der Waals surface area contributed by atoms with Crippen LogP contribution in [-0.2, 0) is 0 Å². The summed E-state index contributed by atoms with van der Waals surface area (Å²) in [7, 11) is 0. The zero-order chi connectivity index (χ0) is 14.7. The van der Waals surface area contributed by atoms with Crippen molar-refractivity contribution in [2.24, 2.45) is 32.6 Å². The molecule has 0 bridgehead atoms. The van der Waals surface area contributed by atoms with Crippen LogP contribution in [0.15, 0.2) is 9.98 Å². The van der Waals surface area contributed by atoms with Crippen LogP contribution in [0.3, 0.4) is 0 Å². The number of hydrogen-bond acceptors (Lipinski definition) is 1. The Hall–Kier alpha value is -1.26. The van der Waals surface area contributed by atoms with E-state index in [1.807, 2.05) is 0 Å². The van der Waals surface area contributed by atoms with E-state index in [1.54, 1.807) is 0 Å². The molecule has 0 radical (unpaired) electrons. The molecule has 0 fully saturated rings. The van der Waals surface area contributed by atoms with Gasteiger partial charge in [-0.15, -0.1) is 0 Å². The molecule has 0 aromatic carbocycles. The summed E-state index contributed by atoms with van der Waals surface area (Å²) in [5.74, 6) is 0.129. The molecule has 0 saturated carbocycles. The summed E-state index contributed by atoms with van der Waals surface area (Å²) in [4.78, 5) is 7.76. The first-order valence-electron chi connectivity index (χ1n) is 7.33. The van der Waals surface area contributed by atoms with Gasteiger partial charge in [-0.2, -0.15) is 4.99 Å². The molecule has 0 heterocycles. The highest BCUT2D eigenvalue weighted by atomic mass is 15.1. The molecular formula is C14H31N5. The average molecular weight is 269 g/mol. The number of hydrogen-bond donors (Lipinski definition) is 3. The molecule has 0 spiro atoms. The number of unbranched alkanes of at least 4 members (excludes halogenated alkanes) is 3. The summed E-state index contributed by atoms with van der Waals surface area (Å²) in [5.41, 5.74) is 16.4. The van der Waals surface area contributed by atoms with Crippen LogP contribution in [0.4, 0.5) is 0 Å². The Kier molecular flexibility index (Phi) is 9.00. The van der Waals surface area contributed by atoms with Crippen LogP contribution in [0.2, 0.25) is 0 Å². The highest BCUT2D eigenvalue weighted by Crippen LogP contribution is 2.31. The van der Waals surface area contributed by atoms with E-state index in [2.05, 4.69) is 30.8 Å². The van der Waals surface area contributed by atoms with Crippen LogP contribution in [0, 0.1) is 5.41 Å². The van der Waals surface area contributed by atoms with Gasteiger partial charge in [0.1, 0.15) is 0 Å². The van der Waals surface area contributed by atoms with E-state index in [0.29, 0.717) is 12.0 Å². The maximum Gasteiger partial charge on any atom is 0.218 e. The predicted molar refractivity (Wildman–Crippen MR) is 84.1 cm³/mol. The Morgan fingerprint density at radius 2 is 1.53 bits per heavy atom. The Bertz CT molecular complexity index is 288. The molecule has 19 heavy (non-hydrogen) atoms. The van der Waals surface area contributed by atoms with Crippen molar-refractivity contribution in [2.45, 2.75) is 65.7 Å². The van der Waals surface area contributed by atoms with Gasteiger partial charge in [0, 0.05) is 6.54 Å². The van der Waals surface area contributed by atoms with Crippen LogP contribution >= 0.6 is 0 Å². The van der Waals surface area contributed by atoms with Crippen molar-refractivity contribution in [3.63, 3.8) is 0 Å². The smallest absolute Gasteiger partial charge is 0.218 e. The molecule has 0 rings (SSSR count). The fraction of sp³-hybridized carbons (Fsp3) is 0.857. The van der Waals surface area contributed by atoms with Crippen LogP contribution in [0.25, 0.3) is 0 Å². The minimum atomic E-state index is -0.0420. The van der Waals surface area contributed by atoms with Crippen molar-refractivity contribution in [1.29, 1.82) is 0 Å². The van der Waals surface area contributed by atoms with Crippen molar-refractivity contribution in [3.05, 3.63) is 0 Å². The van der Waals surface area contributed by atoms with Crippen molar-refractivity contribution < 1.29 is 0 Å². The molecule has 5 nitrogen and oxygen atoms in total. The normalized spacial score (nSPS) is 12.5. The topological polar surface area (TPSA) is 103 Å². The van der Waals surface area contributed by atoms with Crippen LogP contribution < -0.4 is 17.2 Å². The van der Waals surface area contributed by atoms with Gasteiger partial charge < -0.3 is 17.2 Å². The number of nitrogens with zero attached hydrogens (tertiary/aromatic N) is 2. The fourth-order valence-corrected chi connectivity index (χ4v) is 1.98. The van der Waals surface area contributed by atoms with Crippen molar-refractivity contribution >= 4 is 11.9 Å². The van der Waals surface area contributed by atoms with Gasteiger partial charge in [-0.3, -0.25) is 4.99 Å². The van der Waals surface area contributed by atoms with Crippen molar-refractivity contribution in [3.8, 4) is 0 Å². The van der Waals surface area contributed by atoms with E-state index in [-0.39, 0.29) is 11.9 Å². The molecular weight excluding hydrogens is 238 g/mol. The zero-order valence-electron chi connectivity index (χ0n) is 12.8. The first kappa shape index (κ1) is 17.7. The molecule has 6 N–H and O–H groups in total. The summed E-state index contributed by atoms with van der Waals surface area (Å²) in [5, 5.41) is 0. The highest BCUT2D eigenvalue weighted by molar-refractivity contribution is 5.92. The first-order chi connectivity index (χ1) is 8.93. The van der Waals surface area contributed by atoms with Crippen LogP contribution in [0.5, 0.6) is 0 Å². The zero-order valence-corrected chi connectivity index (χ0v) is 12.8. The van der Waals surface area contributed by atoms with Gasteiger partial charge in [-0.05, 0) is 18.3 Å². The molecule has 0 aromatic rings. The molecule has 0 amide bonds. The van der Waals surface area contributed by atoms with E-state index in [0.717, 1.165) is 6.42 Å². The summed E-state index contributed by atoms with van der Waals surface area (Å²) in [6, 6.07) is 0. The summed E-state index contributed by atoms with van der Waals surface area (Å²) in [6.45, 7) is 7.64. The summed E-state index contributed by atoms with van der Waals surface area (Å²) in [6.07, 6.45) is 8.63. The number of nitrogens with two attached hydrogens (primary N) is 3. The molecule has 0 aromatic heterocycles. The molecule has 0 aliphatic heterocycles. The number of aliphatic imine (C=N–C) groups is 2. The maximum absolute atomic E-state index is 5.51. The first-order valence-corrected chi connectivity index (χ1v) is 7.33. The van der Waals surface area contributed by atoms with Crippen LogP contribution in [0.1, 0.15) is 65.7 Å². The molecule has 0 aliphatic rings. The van der Waals surface area contributed by atoms with E-state index >= 15 is 0 Å². The molecule has 5 heteroatoms. The molecule has 0 saturated heterocycles. The second-order valence-corrected chi connectivity index (χ2v) is 5.46. The Labute approximate surface area is 117 Å². The van der Waals surface area contributed by atoms with Crippen LogP contribution in [-0.4, -0.2) is 18.5 Å². The minimum absolute atomic E-state index is 0.0420. The molecule has 0 aliphatic carbocycles. The lowest BCUT2D eigenvalue weighted by molar-refractivity contribution is 0.262. The Morgan fingerprint density at radius 1 is 0.947 bits per heavy atom. The van der Waals surface area contributed by atoms with Gasteiger partial charge >= 0.3 is 0 Å². The quantitative estimate of drug-likeness (QED) is 0.340. The predicted octanol–water partition coefficient (Wildman–Crippen LogP) is 2.35. The van der Waals surface area contributed by atoms with Gasteiger partial charge in [0.2, 0.25) is 5.96 Å². The maximum atomic E-state index is 5.51. The van der Waals surface area contributed by atoms with Gasteiger partial charge in [0.15, 0.2) is 5.96 Å². The van der Waals surface area contributed by atoms with Gasteiger partial charge in [0.05, 0.1) is 0 Å². The lowest BCUT2D eigenvalue weighted by atomic mass is 9.80. The van der Waals surface area contributed by atoms with E-state index in [1.165, 1.54) is 38.5 Å². The van der Waals surface area contributed by atoms with Gasteiger partial charge in [-0.1, -0.05) is 52.9 Å². The number of guanidine groups is 2. The molecule has 0 atom stereocenters. The second kappa shape index (κ2) is 9.64. The number of rotatable bonds is 9.